The van der Waals surface area contributed by atoms with Crippen molar-refractivity contribution in [2.24, 2.45) is 0 Å². The van der Waals surface area contributed by atoms with Crippen molar-refractivity contribution >= 4 is 47.8 Å². The summed E-state index contributed by atoms with van der Waals surface area (Å²) < 4.78 is 31.8. The molecule has 0 radical (unpaired) electrons. The fourth-order valence-corrected chi connectivity index (χ4v) is 4.60. The summed E-state index contributed by atoms with van der Waals surface area (Å²) >= 11 is 6.47. The lowest BCUT2D eigenvalue weighted by molar-refractivity contribution is 0.340. The van der Waals surface area contributed by atoms with Gasteiger partial charge in [-0.1, -0.05) is 28.1 Å². The highest BCUT2D eigenvalue weighted by Crippen LogP contribution is 2.30. The van der Waals surface area contributed by atoms with Gasteiger partial charge in [-0.15, -0.1) is 0 Å². The molecule has 0 saturated heterocycles. The van der Waals surface area contributed by atoms with Gasteiger partial charge in [-0.3, -0.25) is 0 Å². The first-order valence-corrected chi connectivity index (χ1v) is 10.00. The van der Waals surface area contributed by atoms with Crippen LogP contribution < -0.4 is 4.74 Å². The molecule has 2 rings (SSSR count). The highest BCUT2D eigenvalue weighted by Gasteiger charge is 2.23. The van der Waals surface area contributed by atoms with Crippen molar-refractivity contribution in [3.63, 3.8) is 0 Å². The molecule has 124 valence electrons. The molecule has 24 heavy (non-hydrogen) atoms. The van der Waals surface area contributed by atoms with E-state index < -0.39 is 9.84 Å². The van der Waals surface area contributed by atoms with Crippen LogP contribution in [0, 0.1) is 11.3 Å². The number of sulfone groups is 1. The van der Waals surface area contributed by atoms with Crippen LogP contribution in [-0.2, 0) is 9.84 Å². The van der Waals surface area contributed by atoms with Crippen molar-refractivity contribution in [1.82, 2.24) is 0 Å². The lowest BCUT2D eigenvalue weighted by Gasteiger charge is -2.07. The number of allylic oxidation sites excluding steroid dienone is 1. The summed E-state index contributed by atoms with van der Waals surface area (Å²) in [6, 6.07) is 13.4. The molecule has 0 spiro atoms. The number of rotatable bonds is 5. The van der Waals surface area contributed by atoms with Crippen molar-refractivity contribution in [2.45, 2.75) is 11.8 Å². The molecule has 0 N–H and O–H groups in total. The summed E-state index contributed by atoms with van der Waals surface area (Å²) in [4.78, 5) is -0.291. The Morgan fingerprint density at radius 1 is 1.21 bits per heavy atom. The lowest BCUT2D eigenvalue weighted by Crippen LogP contribution is -2.04. The minimum Gasteiger partial charge on any atom is -0.494 e. The van der Waals surface area contributed by atoms with Gasteiger partial charge >= 0.3 is 0 Å². The maximum atomic E-state index is 12.7. The maximum absolute atomic E-state index is 12.7. The topological polar surface area (TPSA) is 67.2 Å². The summed E-state index contributed by atoms with van der Waals surface area (Å²) in [7, 11) is -3.93. The van der Waals surface area contributed by atoms with Gasteiger partial charge in [-0.25, -0.2) is 8.42 Å². The monoisotopic (exact) mass is 469 g/mol. The molecule has 2 aromatic carbocycles. The Hall–Kier alpha value is -1.62. The van der Waals surface area contributed by atoms with Gasteiger partial charge in [0, 0.05) is 8.95 Å². The van der Waals surface area contributed by atoms with Crippen LogP contribution in [0.2, 0.25) is 0 Å². The van der Waals surface area contributed by atoms with Crippen molar-refractivity contribution in [2.75, 3.05) is 6.61 Å². The molecule has 2 aromatic rings. The van der Waals surface area contributed by atoms with E-state index in [1.807, 2.05) is 6.92 Å². The van der Waals surface area contributed by atoms with Gasteiger partial charge in [0.1, 0.15) is 16.7 Å². The van der Waals surface area contributed by atoms with Gasteiger partial charge in [0.05, 0.1) is 11.5 Å². The third-order valence-electron chi connectivity index (χ3n) is 3.07. The molecule has 0 heterocycles. The van der Waals surface area contributed by atoms with Gasteiger partial charge in [-0.2, -0.15) is 5.26 Å². The third kappa shape index (κ3) is 4.26. The van der Waals surface area contributed by atoms with Gasteiger partial charge < -0.3 is 4.74 Å². The summed E-state index contributed by atoms with van der Waals surface area (Å²) in [5.41, 5.74) is 0.602. The van der Waals surface area contributed by atoms with Gasteiger partial charge in [0.15, 0.2) is 0 Å². The molecule has 0 bridgehead atoms. The van der Waals surface area contributed by atoms with Crippen LogP contribution in [0.5, 0.6) is 5.75 Å². The smallest absolute Gasteiger partial charge is 0.217 e. The second kappa shape index (κ2) is 7.97. The number of hydrogen-bond acceptors (Lipinski definition) is 4. The van der Waals surface area contributed by atoms with Crippen LogP contribution in [-0.4, -0.2) is 15.0 Å². The number of nitriles is 1. The Balaban J connectivity index is 2.46. The fourth-order valence-electron chi connectivity index (χ4n) is 1.95. The van der Waals surface area contributed by atoms with Gasteiger partial charge in [-0.05, 0) is 64.8 Å². The van der Waals surface area contributed by atoms with E-state index in [1.165, 1.54) is 12.1 Å². The zero-order chi connectivity index (χ0) is 17.7. The Morgan fingerprint density at radius 3 is 2.46 bits per heavy atom. The molecular formula is C17H13Br2NO3S. The van der Waals surface area contributed by atoms with E-state index in [2.05, 4.69) is 31.9 Å². The highest BCUT2D eigenvalue weighted by molar-refractivity contribution is 9.11. The zero-order valence-corrected chi connectivity index (χ0v) is 16.7. The average molecular weight is 471 g/mol. The molecule has 0 amide bonds. The molecule has 0 saturated carbocycles. The van der Waals surface area contributed by atoms with E-state index in [0.29, 0.717) is 26.9 Å². The second-order valence-corrected chi connectivity index (χ2v) is 8.36. The first-order valence-electron chi connectivity index (χ1n) is 6.93. The number of ether oxygens (including phenoxy) is 1. The molecule has 0 fully saturated rings. The van der Waals surface area contributed by atoms with Crippen LogP contribution >= 0.6 is 31.9 Å². The normalized spacial score (nSPS) is 11.8. The second-order valence-electron chi connectivity index (χ2n) is 4.70. The van der Waals surface area contributed by atoms with Crippen molar-refractivity contribution in [3.8, 4) is 11.8 Å². The standard InChI is InChI=1S/C17H13Br2NO3S/c1-2-23-14-6-3-12(4-7-14)9-15(11-20)24(21,22)17-10-13(18)5-8-16(17)19/h3-10H,2H2,1H3/b15-9+. The van der Waals surface area contributed by atoms with Crippen LogP contribution in [0.1, 0.15) is 12.5 Å². The van der Waals surface area contributed by atoms with Crippen molar-refractivity contribution in [1.29, 1.82) is 5.26 Å². The average Bonchev–Trinajstić information content (AvgIpc) is 2.56. The molecular weight excluding hydrogens is 458 g/mol. The molecule has 0 aliphatic heterocycles. The van der Waals surface area contributed by atoms with E-state index in [-0.39, 0.29) is 9.80 Å². The molecule has 4 nitrogen and oxygen atoms in total. The van der Waals surface area contributed by atoms with E-state index >= 15 is 0 Å². The Morgan fingerprint density at radius 2 is 1.88 bits per heavy atom. The molecule has 0 aliphatic carbocycles. The quantitative estimate of drug-likeness (QED) is 0.580. The summed E-state index contributed by atoms with van der Waals surface area (Å²) in [5.74, 6) is 0.686. The van der Waals surface area contributed by atoms with E-state index in [9.17, 15) is 13.7 Å². The van der Waals surface area contributed by atoms with Crippen molar-refractivity contribution in [3.05, 3.63) is 61.9 Å². The largest absolute Gasteiger partial charge is 0.494 e. The van der Waals surface area contributed by atoms with Crippen molar-refractivity contribution < 1.29 is 13.2 Å². The summed E-state index contributed by atoms with van der Waals surface area (Å²) in [6.07, 6.45) is 1.35. The predicted octanol–water partition coefficient (Wildman–Crippen LogP) is 4.95. The zero-order valence-electron chi connectivity index (χ0n) is 12.7. The first-order chi connectivity index (χ1) is 11.4. The third-order valence-corrected chi connectivity index (χ3v) is 6.22. The van der Waals surface area contributed by atoms with E-state index in [1.54, 1.807) is 42.5 Å². The molecule has 0 aromatic heterocycles. The van der Waals surface area contributed by atoms with Crippen LogP contribution in [0.4, 0.5) is 0 Å². The van der Waals surface area contributed by atoms with E-state index in [0.717, 1.165) is 0 Å². The number of benzene rings is 2. The Kier molecular flexibility index (Phi) is 6.21. The summed E-state index contributed by atoms with van der Waals surface area (Å²) in [5, 5.41) is 9.33. The first kappa shape index (κ1) is 18.7. The van der Waals surface area contributed by atoms with Crippen LogP contribution in [0.3, 0.4) is 0 Å². The number of nitrogens with zero attached hydrogens (tertiary/aromatic N) is 1. The predicted molar refractivity (Wildman–Crippen MR) is 100 cm³/mol. The lowest BCUT2D eigenvalue weighted by atomic mass is 10.2. The van der Waals surface area contributed by atoms with Gasteiger partial charge in [0.2, 0.25) is 9.84 Å². The number of halogens is 2. The molecule has 0 atom stereocenters. The van der Waals surface area contributed by atoms with E-state index in [4.69, 9.17) is 4.74 Å². The maximum Gasteiger partial charge on any atom is 0.217 e. The SMILES string of the molecule is CCOc1ccc(/C=C(\C#N)S(=O)(=O)c2cc(Br)ccc2Br)cc1. The highest BCUT2D eigenvalue weighted by atomic mass is 79.9. The Bertz CT molecular complexity index is 914. The molecule has 7 heteroatoms. The fraction of sp³-hybridized carbons (Fsp3) is 0.118. The summed E-state index contributed by atoms with van der Waals surface area (Å²) in [6.45, 7) is 2.42. The molecule has 0 aliphatic rings. The van der Waals surface area contributed by atoms with Gasteiger partial charge in [0.25, 0.3) is 0 Å². The van der Waals surface area contributed by atoms with Crippen LogP contribution in [0.25, 0.3) is 6.08 Å². The Labute approximate surface area is 157 Å². The van der Waals surface area contributed by atoms with Crippen LogP contribution in [0.15, 0.2) is 61.2 Å². The minimum absolute atomic E-state index is 0.0376. The minimum atomic E-state index is -3.93. The number of hydrogen-bond donors (Lipinski definition) is 0. The molecule has 0 unspecified atom stereocenters.